The maximum atomic E-state index is 14.2. The number of hydrogen-bond acceptors (Lipinski definition) is 4. The molecule has 3 rings (SSSR count). The standard InChI is InChI=1S/C22H22FN3O3/c1-14-9-10-20(29-4)16(11-14)13-25(3)22(28)21-19(27)12-15(2)26(24-21)18-8-6-5-7-17(18)23/h5-12H,13H2,1-4H3. The second-order valence-corrected chi connectivity index (χ2v) is 6.84. The molecule has 1 aromatic heterocycles. The van der Waals surface area contributed by atoms with Gasteiger partial charge < -0.3 is 9.64 Å². The molecule has 150 valence electrons. The Bertz CT molecular complexity index is 1120. The quantitative estimate of drug-likeness (QED) is 0.665. The van der Waals surface area contributed by atoms with Gasteiger partial charge in [-0.25, -0.2) is 9.07 Å². The number of nitrogens with zero attached hydrogens (tertiary/aromatic N) is 3. The first kappa shape index (κ1) is 20.3. The van der Waals surface area contributed by atoms with E-state index in [1.165, 1.54) is 27.8 Å². The van der Waals surface area contributed by atoms with E-state index in [1.54, 1.807) is 33.2 Å². The summed E-state index contributed by atoms with van der Waals surface area (Å²) in [6.07, 6.45) is 0. The Morgan fingerprint density at radius 1 is 1.17 bits per heavy atom. The highest BCUT2D eigenvalue weighted by atomic mass is 19.1. The van der Waals surface area contributed by atoms with Gasteiger partial charge in [0.15, 0.2) is 5.69 Å². The van der Waals surface area contributed by atoms with Crippen LogP contribution in [0.4, 0.5) is 4.39 Å². The fourth-order valence-corrected chi connectivity index (χ4v) is 3.10. The summed E-state index contributed by atoms with van der Waals surface area (Å²) in [5.41, 5.74) is 1.65. The van der Waals surface area contributed by atoms with Crippen molar-refractivity contribution >= 4 is 5.91 Å². The van der Waals surface area contributed by atoms with Gasteiger partial charge in [-0.3, -0.25) is 9.59 Å². The number of aryl methyl sites for hydroxylation is 2. The summed E-state index contributed by atoms with van der Waals surface area (Å²) < 4.78 is 20.8. The number of ether oxygens (including phenoxy) is 1. The molecule has 0 bridgehead atoms. The maximum absolute atomic E-state index is 14.2. The smallest absolute Gasteiger partial charge is 0.278 e. The molecule has 0 fully saturated rings. The van der Waals surface area contributed by atoms with Crippen LogP contribution < -0.4 is 10.2 Å². The zero-order valence-electron chi connectivity index (χ0n) is 16.8. The molecule has 0 radical (unpaired) electrons. The zero-order valence-corrected chi connectivity index (χ0v) is 16.8. The van der Waals surface area contributed by atoms with Gasteiger partial charge in [-0.05, 0) is 32.0 Å². The fourth-order valence-electron chi connectivity index (χ4n) is 3.10. The van der Waals surface area contributed by atoms with Crippen molar-refractivity contribution in [2.45, 2.75) is 20.4 Å². The number of methoxy groups -OCH3 is 1. The van der Waals surface area contributed by atoms with E-state index in [0.717, 1.165) is 11.1 Å². The van der Waals surface area contributed by atoms with Gasteiger partial charge in [0.25, 0.3) is 5.91 Å². The van der Waals surface area contributed by atoms with Crippen LogP contribution in [0, 0.1) is 19.7 Å². The third kappa shape index (κ3) is 4.18. The van der Waals surface area contributed by atoms with Gasteiger partial charge in [-0.1, -0.05) is 29.8 Å². The van der Waals surface area contributed by atoms with Crippen molar-refractivity contribution in [2.24, 2.45) is 0 Å². The molecule has 0 spiro atoms. The third-order valence-corrected chi connectivity index (χ3v) is 4.58. The van der Waals surface area contributed by atoms with Crippen LogP contribution in [-0.4, -0.2) is 34.7 Å². The second kappa shape index (κ2) is 8.26. The number of halogens is 1. The highest BCUT2D eigenvalue weighted by Crippen LogP contribution is 2.21. The van der Waals surface area contributed by atoms with Crippen molar-refractivity contribution in [2.75, 3.05) is 14.2 Å². The van der Waals surface area contributed by atoms with Crippen molar-refractivity contribution < 1.29 is 13.9 Å². The molecule has 0 aliphatic rings. The number of carbonyl (C=O) groups is 1. The Balaban J connectivity index is 1.97. The van der Waals surface area contributed by atoms with Crippen LogP contribution in [0.25, 0.3) is 5.69 Å². The molecule has 2 aromatic carbocycles. The Labute approximate surface area is 168 Å². The Hall–Kier alpha value is -3.48. The number of aromatic nitrogens is 2. The van der Waals surface area contributed by atoms with Gasteiger partial charge in [0.2, 0.25) is 5.43 Å². The SMILES string of the molecule is COc1ccc(C)cc1CN(C)C(=O)c1nn(-c2ccccc2F)c(C)cc1=O. The molecule has 0 unspecified atom stereocenters. The number of carbonyl (C=O) groups excluding carboxylic acids is 1. The molecule has 1 amide bonds. The lowest BCUT2D eigenvalue weighted by Crippen LogP contribution is -2.33. The van der Waals surface area contributed by atoms with E-state index < -0.39 is 17.2 Å². The van der Waals surface area contributed by atoms with Crippen LogP contribution in [-0.2, 0) is 6.54 Å². The minimum atomic E-state index is -0.552. The summed E-state index contributed by atoms with van der Waals surface area (Å²) >= 11 is 0. The van der Waals surface area contributed by atoms with Gasteiger partial charge in [-0.15, -0.1) is 0 Å². The molecule has 3 aromatic rings. The molecule has 0 aliphatic heterocycles. The molecular formula is C22H22FN3O3. The molecule has 0 atom stereocenters. The number of rotatable bonds is 5. The van der Waals surface area contributed by atoms with Gasteiger partial charge in [0.1, 0.15) is 17.3 Å². The van der Waals surface area contributed by atoms with Gasteiger partial charge in [0, 0.05) is 30.9 Å². The van der Waals surface area contributed by atoms with E-state index in [9.17, 15) is 14.0 Å². The summed E-state index contributed by atoms with van der Waals surface area (Å²) in [6.45, 7) is 3.81. The largest absolute Gasteiger partial charge is 0.496 e. The lowest BCUT2D eigenvalue weighted by Gasteiger charge is -2.19. The molecule has 1 heterocycles. The lowest BCUT2D eigenvalue weighted by molar-refractivity contribution is 0.0775. The molecule has 0 N–H and O–H groups in total. The third-order valence-electron chi connectivity index (χ3n) is 4.58. The Morgan fingerprint density at radius 3 is 2.59 bits per heavy atom. The zero-order chi connectivity index (χ0) is 21.1. The average molecular weight is 395 g/mol. The van der Waals surface area contributed by atoms with E-state index in [4.69, 9.17) is 4.74 Å². The first-order chi connectivity index (χ1) is 13.8. The first-order valence-electron chi connectivity index (χ1n) is 9.06. The van der Waals surface area contributed by atoms with Crippen LogP contribution in [0.15, 0.2) is 53.3 Å². The van der Waals surface area contributed by atoms with Crippen molar-refractivity contribution in [1.82, 2.24) is 14.7 Å². The Kier molecular flexibility index (Phi) is 5.77. The van der Waals surface area contributed by atoms with Crippen LogP contribution >= 0.6 is 0 Å². The lowest BCUT2D eigenvalue weighted by atomic mass is 10.1. The summed E-state index contributed by atoms with van der Waals surface area (Å²) in [5.74, 6) is -0.400. The van der Waals surface area contributed by atoms with Crippen LogP contribution in [0.1, 0.15) is 27.3 Å². The normalized spacial score (nSPS) is 10.7. The van der Waals surface area contributed by atoms with E-state index in [0.29, 0.717) is 11.4 Å². The minimum absolute atomic E-state index is 0.169. The van der Waals surface area contributed by atoms with Crippen molar-refractivity contribution in [3.05, 3.63) is 87.1 Å². The molecule has 6 nitrogen and oxygen atoms in total. The minimum Gasteiger partial charge on any atom is -0.496 e. The topological polar surface area (TPSA) is 64.4 Å². The molecule has 29 heavy (non-hydrogen) atoms. The van der Waals surface area contributed by atoms with Crippen molar-refractivity contribution in [3.8, 4) is 11.4 Å². The predicted octanol–water partition coefficient (Wildman–Crippen LogP) is 3.27. The maximum Gasteiger partial charge on any atom is 0.278 e. The summed E-state index contributed by atoms with van der Waals surface area (Å²) in [5, 5.41) is 4.17. The number of benzene rings is 2. The van der Waals surface area contributed by atoms with Crippen LogP contribution in [0.5, 0.6) is 5.75 Å². The molecule has 7 heteroatoms. The summed E-state index contributed by atoms with van der Waals surface area (Å²) in [4.78, 5) is 26.8. The number of para-hydroxylation sites is 1. The van der Waals surface area contributed by atoms with Crippen LogP contribution in [0.2, 0.25) is 0 Å². The molecule has 0 saturated carbocycles. The van der Waals surface area contributed by atoms with E-state index in [-0.39, 0.29) is 17.9 Å². The molecular weight excluding hydrogens is 373 g/mol. The monoisotopic (exact) mass is 395 g/mol. The molecule has 0 aliphatic carbocycles. The predicted molar refractivity (Wildman–Crippen MR) is 108 cm³/mol. The van der Waals surface area contributed by atoms with Gasteiger partial charge in [-0.2, -0.15) is 5.10 Å². The summed E-state index contributed by atoms with van der Waals surface area (Å²) in [7, 11) is 3.14. The van der Waals surface area contributed by atoms with Gasteiger partial charge in [0.05, 0.1) is 7.11 Å². The molecule has 0 saturated heterocycles. The number of amides is 1. The second-order valence-electron chi connectivity index (χ2n) is 6.84. The average Bonchev–Trinajstić information content (AvgIpc) is 2.68. The van der Waals surface area contributed by atoms with Crippen molar-refractivity contribution in [3.63, 3.8) is 0 Å². The fraction of sp³-hybridized carbons (Fsp3) is 0.227. The van der Waals surface area contributed by atoms with Gasteiger partial charge >= 0.3 is 0 Å². The van der Waals surface area contributed by atoms with E-state index in [2.05, 4.69) is 5.10 Å². The Morgan fingerprint density at radius 2 is 1.90 bits per heavy atom. The highest BCUT2D eigenvalue weighted by Gasteiger charge is 2.21. The number of hydrogen-bond donors (Lipinski definition) is 0. The highest BCUT2D eigenvalue weighted by molar-refractivity contribution is 5.91. The van der Waals surface area contributed by atoms with Crippen molar-refractivity contribution in [1.29, 1.82) is 0 Å². The van der Waals surface area contributed by atoms with E-state index >= 15 is 0 Å². The summed E-state index contributed by atoms with van der Waals surface area (Å²) in [6, 6.07) is 13.0. The first-order valence-corrected chi connectivity index (χ1v) is 9.06. The van der Waals surface area contributed by atoms with Crippen LogP contribution in [0.3, 0.4) is 0 Å². The van der Waals surface area contributed by atoms with E-state index in [1.807, 2.05) is 25.1 Å².